The Balaban J connectivity index is 1.94. The fourth-order valence-electron chi connectivity index (χ4n) is 3.42. The Kier molecular flexibility index (Phi) is 7.76. The van der Waals surface area contributed by atoms with Gasteiger partial charge in [-0.25, -0.2) is 0 Å². The smallest absolute Gasteiger partial charge is 0.307 e. The molecule has 1 unspecified atom stereocenters. The van der Waals surface area contributed by atoms with Gasteiger partial charge in [-0.15, -0.1) is 0 Å². The number of rotatable bonds is 8. The number of esters is 1. The molecular formula is C20H29NO4. The summed E-state index contributed by atoms with van der Waals surface area (Å²) in [5.41, 5.74) is 0.872. The summed E-state index contributed by atoms with van der Waals surface area (Å²) in [4.78, 5) is 24.1. The van der Waals surface area contributed by atoms with E-state index in [4.69, 9.17) is 9.47 Å². The highest BCUT2D eigenvalue weighted by Crippen LogP contribution is 2.27. The maximum Gasteiger partial charge on any atom is 0.307 e. The van der Waals surface area contributed by atoms with Crippen LogP contribution >= 0.6 is 0 Å². The van der Waals surface area contributed by atoms with E-state index in [-0.39, 0.29) is 24.3 Å². The van der Waals surface area contributed by atoms with Crippen molar-refractivity contribution in [2.24, 2.45) is 5.92 Å². The summed E-state index contributed by atoms with van der Waals surface area (Å²) in [6, 6.07) is 7.01. The molecule has 1 aromatic rings. The second-order valence-electron chi connectivity index (χ2n) is 6.72. The molecule has 5 heteroatoms. The van der Waals surface area contributed by atoms with Crippen LogP contribution in [0.4, 0.5) is 0 Å². The zero-order valence-corrected chi connectivity index (χ0v) is 15.3. The number of hydrogen-bond donors (Lipinski definition) is 1. The summed E-state index contributed by atoms with van der Waals surface area (Å²) < 4.78 is 9.93. The normalized spacial score (nSPS) is 16.1. The van der Waals surface area contributed by atoms with Crippen molar-refractivity contribution >= 4 is 11.9 Å². The highest BCUT2D eigenvalue weighted by molar-refractivity contribution is 5.78. The van der Waals surface area contributed by atoms with Gasteiger partial charge in [0.1, 0.15) is 5.75 Å². The zero-order chi connectivity index (χ0) is 18.1. The van der Waals surface area contributed by atoms with E-state index in [1.165, 1.54) is 39.2 Å². The number of carbonyl (C=O) groups is 2. The van der Waals surface area contributed by atoms with E-state index < -0.39 is 0 Å². The largest absolute Gasteiger partial charge is 0.497 e. The van der Waals surface area contributed by atoms with Crippen molar-refractivity contribution in [2.75, 3.05) is 14.2 Å². The molecule has 1 atom stereocenters. The number of nitrogens with one attached hydrogen (secondary N) is 1. The molecule has 0 saturated heterocycles. The SMILES string of the molecule is COC(=O)CC(NC(=O)CCC1CCCCC1)c1ccc(OC)cc1. The van der Waals surface area contributed by atoms with Crippen molar-refractivity contribution < 1.29 is 19.1 Å². The highest BCUT2D eigenvalue weighted by Gasteiger charge is 2.20. The lowest BCUT2D eigenvalue weighted by atomic mass is 9.86. The molecular weight excluding hydrogens is 318 g/mol. The molecule has 1 aromatic carbocycles. The molecule has 138 valence electrons. The molecule has 1 amide bonds. The van der Waals surface area contributed by atoms with Gasteiger partial charge in [-0.3, -0.25) is 9.59 Å². The van der Waals surface area contributed by atoms with E-state index in [0.717, 1.165) is 17.7 Å². The summed E-state index contributed by atoms with van der Waals surface area (Å²) in [6.45, 7) is 0. The molecule has 5 nitrogen and oxygen atoms in total. The maximum atomic E-state index is 12.4. The summed E-state index contributed by atoms with van der Waals surface area (Å²) in [7, 11) is 2.96. The van der Waals surface area contributed by atoms with E-state index in [9.17, 15) is 9.59 Å². The van der Waals surface area contributed by atoms with Gasteiger partial charge >= 0.3 is 5.97 Å². The van der Waals surface area contributed by atoms with Gasteiger partial charge in [0, 0.05) is 6.42 Å². The van der Waals surface area contributed by atoms with Gasteiger partial charge < -0.3 is 14.8 Å². The fraction of sp³-hybridized carbons (Fsp3) is 0.600. The highest BCUT2D eigenvalue weighted by atomic mass is 16.5. The second-order valence-corrected chi connectivity index (χ2v) is 6.72. The molecule has 0 heterocycles. The average Bonchev–Trinajstić information content (AvgIpc) is 2.66. The van der Waals surface area contributed by atoms with Crippen LogP contribution in [0.15, 0.2) is 24.3 Å². The van der Waals surface area contributed by atoms with Gasteiger partial charge in [-0.1, -0.05) is 44.2 Å². The molecule has 1 aliphatic rings. The van der Waals surface area contributed by atoms with Gasteiger partial charge in [0.15, 0.2) is 0 Å². The summed E-state index contributed by atoms with van der Waals surface area (Å²) >= 11 is 0. The Bertz CT molecular complexity index is 549. The molecule has 25 heavy (non-hydrogen) atoms. The van der Waals surface area contributed by atoms with E-state index in [1.807, 2.05) is 24.3 Å². The van der Waals surface area contributed by atoms with Gasteiger partial charge in [0.2, 0.25) is 5.91 Å². The Hall–Kier alpha value is -2.04. The molecule has 0 spiro atoms. The van der Waals surface area contributed by atoms with Gasteiger partial charge in [-0.05, 0) is 30.0 Å². The first-order valence-electron chi connectivity index (χ1n) is 9.12. The molecule has 2 rings (SSSR count). The number of methoxy groups -OCH3 is 2. The number of hydrogen-bond acceptors (Lipinski definition) is 4. The van der Waals surface area contributed by atoms with Crippen LogP contribution in [0.1, 0.15) is 63.0 Å². The lowest BCUT2D eigenvalue weighted by Crippen LogP contribution is -2.30. The van der Waals surface area contributed by atoms with Crippen LogP contribution in [-0.4, -0.2) is 26.1 Å². The zero-order valence-electron chi connectivity index (χ0n) is 15.3. The number of carbonyl (C=O) groups excluding carboxylic acids is 2. The summed E-state index contributed by atoms with van der Waals surface area (Å²) in [5.74, 6) is 1.06. The minimum absolute atomic E-state index is 0.00436. The first-order chi connectivity index (χ1) is 12.1. The Morgan fingerprint density at radius 3 is 2.40 bits per heavy atom. The van der Waals surface area contributed by atoms with Crippen LogP contribution in [0.3, 0.4) is 0 Å². The van der Waals surface area contributed by atoms with Crippen LogP contribution < -0.4 is 10.1 Å². The first kappa shape index (κ1) is 19.3. The Morgan fingerprint density at radius 2 is 1.80 bits per heavy atom. The van der Waals surface area contributed by atoms with Crippen LogP contribution in [0.25, 0.3) is 0 Å². The number of amides is 1. The summed E-state index contributed by atoms with van der Waals surface area (Å²) in [5, 5.41) is 3.00. The quantitative estimate of drug-likeness (QED) is 0.727. The van der Waals surface area contributed by atoms with Gasteiger partial charge in [-0.2, -0.15) is 0 Å². The molecule has 1 N–H and O–H groups in total. The van der Waals surface area contributed by atoms with Crippen molar-refractivity contribution in [1.82, 2.24) is 5.32 Å². The molecule has 0 radical (unpaired) electrons. The molecule has 0 aliphatic heterocycles. The van der Waals surface area contributed by atoms with E-state index in [1.54, 1.807) is 7.11 Å². The topological polar surface area (TPSA) is 64.6 Å². The number of ether oxygens (including phenoxy) is 2. The minimum atomic E-state index is -0.378. The third-order valence-electron chi connectivity index (χ3n) is 4.96. The first-order valence-corrected chi connectivity index (χ1v) is 9.12. The maximum absolute atomic E-state index is 12.4. The average molecular weight is 347 g/mol. The minimum Gasteiger partial charge on any atom is -0.497 e. The molecule has 1 fully saturated rings. The van der Waals surface area contributed by atoms with Gasteiger partial charge in [0.05, 0.1) is 26.7 Å². The van der Waals surface area contributed by atoms with Crippen molar-refractivity contribution in [3.05, 3.63) is 29.8 Å². The third-order valence-corrected chi connectivity index (χ3v) is 4.96. The van der Waals surface area contributed by atoms with Crippen LogP contribution in [0.5, 0.6) is 5.75 Å². The monoisotopic (exact) mass is 347 g/mol. The van der Waals surface area contributed by atoms with Crippen molar-refractivity contribution in [3.63, 3.8) is 0 Å². The molecule has 0 aromatic heterocycles. The fourth-order valence-corrected chi connectivity index (χ4v) is 3.42. The predicted molar refractivity (Wildman–Crippen MR) is 96.3 cm³/mol. The van der Waals surface area contributed by atoms with Gasteiger partial charge in [0.25, 0.3) is 0 Å². The standard InChI is InChI=1S/C20H29NO4/c1-24-17-11-9-16(10-12-17)18(14-20(23)25-2)21-19(22)13-8-15-6-4-3-5-7-15/h9-12,15,18H,3-8,13-14H2,1-2H3,(H,21,22). The van der Waals surface area contributed by atoms with Crippen molar-refractivity contribution in [3.8, 4) is 5.75 Å². The Labute approximate surface area is 150 Å². The molecule has 1 aliphatic carbocycles. The van der Waals surface area contributed by atoms with Crippen LogP contribution in [0.2, 0.25) is 0 Å². The van der Waals surface area contributed by atoms with E-state index in [2.05, 4.69) is 5.32 Å². The number of benzene rings is 1. The van der Waals surface area contributed by atoms with Crippen molar-refractivity contribution in [2.45, 2.75) is 57.4 Å². The second kappa shape index (κ2) is 10.1. The predicted octanol–water partition coefficient (Wildman–Crippen LogP) is 3.78. The van der Waals surface area contributed by atoms with E-state index in [0.29, 0.717) is 12.3 Å². The Morgan fingerprint density at radius 1 is 1.12 bits per heavy atom. The third kappa shape index (κ3) is 6.40. The van der Waals surface area contributed by atoms with Crippen LogP contribution in [-0.2, 0) is 14.3 Å². The lowest BCUT2D eigenvalue weighted by Gasteiger charge is -2.22. The van der Waals surface area contributed by atoms with Crippen molar-refractivity contribution in [1.29, 1.82) is 0 Å². The molecule has 0 bridgehead atoms. The van der Waals surface area contributed by atoms with E-state index >= 15 is 0 Å². The summed E-state index contributed by atoms with van der Waals surface area (Å²) in [6.07, 6.45) is 7.91. The lowest BCUT2D eigenvalue weighted by molar-refractivity contribution is -0.141. The van der Waals surface area contributed by atoms with Crippen LogP contribution in [0, 0.1) is 5.92 Å². The molecule has 1 saturated carbocycles.